The van der Waals surface area contributed by atoms with Crippen LogP contribution in [0.2, 0.25) is 0 Å². The molecule has 0 fully saturated rings. The van der Waals surface area contributed by atoms with Gasteiger partial charge in [0.25, 0.3) is 0 Å². The van der Waals surface area contributed by atoms with Crippen molar-refractivity contribution in [2.45, 2.75) is 13.3 Å². The molecule has 2 heteroatoms. The van der Waals surface area contributed by atoms with Gasteiger partial charge in [-0.15, -0.1) is 0 Å². The van der Waals surface area contributed by atoms with Crippen molar-refractivity contribution in [3.05, 3.63) is 181 Å². The lowest BCUT2D eigenvalue weighted by Gasteiger charge is -2.19. The molecule has 0 amide bonds. The zero-order valence-electron chi connectivity index (χ0n) is 28.1. The molecule has 0 heterocycles. The minimum absolute atomic E-state index is 0.618. The average Bonchev–Trinajstić information content (AvgIpc) is 3.17. The maximum Gasteiger partial charge on any atom is 0.0627 e. The van der Waals surface area contributed by atoms with E-state index in [9.17, 15) is 0 Å². The summed E-state index contributed by atoms with van der Waals surface area (Å²) in [6, 6.07) is 55.0. The Bertz CT molecular complexity index is 2570. The number of hydrogen-bond acceptors (Lipinski definition) is 2. The van der Waals surface area contributed by atoms with Crippen molar-refractivity contribution in [1.82, 2.24) is 0 Å². The Kier molecular flexibility index (Phi) is 8.20. The first-order chi connectivity index (χ1) is 24.6. The third-order valence-electron chi connectivity index (χ3n) is 9.76. The first-order valence-corrected chi connectivity index (χ1v) is 17.2. The molecule has 0 aliphatic carbocycles. The van der Waals surface area contributed by atoms with Gasteiger partial charge in [0.15, 0.2) is 0 Å². The number of benzene rings is 8. The Morgan fingerprint density at radius 3 is 1.74 bits per heavy atom. The molecule has 2 nitrogen and oxygen atoms in total. The molecular weight excluding hydrogens is 605 g/mol. The summed E-state index contributed by atoms with van der Waals surface area (Å²) < 4.78 is 0. The number of nitrogens with two attached hydrogens (primary N) is 2. The van der Waals surface area contributed by atoms with Crippen LogP contribution in [0.15, 0.2) is 164 Å². The van der Waals surface area contributed by atoms with E-state index in [-0.39, 0.29) is 0 Å². The van der Waals surface area contributed by atoms with Gasteiger partial charge in [0.05, 0.1) is 11.4 Å². The molecule has 240 valence electrons. The molecular formula is C48H38N2. The molecule has 0 unspecified atom stereocenters. The van der Waals surface area contributed by atoms with Crippen molar-refractivity contribution < 1.29 is 0 Å². The van der Waals surface area contributed by atoms with Crippen LogP contribution in [0.4, 0.5) is 11.4 Å². The number of rotatable bonds is 7. The van der Waals surface area contributed by atoms with E-state index in [0.29, 0.717) is 11.4 Å². The Morgan fingerprint density at radius 1 is 0.440 bits per heavy atom. The molecule has 8 rings (SSSR count). The largest absolute Gasteiger partial charge is 0.397 e. The van der Waals surface area contributed by atoms with Crippen molar-refractivity contribution in [1.29, 1.82) is 0 Å². The highest BCUT2D eigenvalue weighted by Gasteiger charge is 2.18. The zero-order valence-corrected chi connectivity index (χ0v) is 28.1. The Hall–Kier alpha value is -6.38. The summed E-state index contributed by atoms with van der Waals surface area (Å²) in [5.74, 6) is 0. The van der Waals surface area contributed by atoms with Gasteiger partial charge in [-0.1, -0.05) is 164 Å². The fourth-order valence-electron chi connectivity index (χ4n) is 7.23. The van der Waals surface area contributed by atoms with E-state index in [1.807, 2.05) is 31.2 Å². The third kappa shape index (κ3) is 5.71. The van der Waals surface area contributed by atoms with Gasteiger partial charge in [-0.25, -0.2) is 0 Å². The molecule has 0 atom stereocenters. The second-order valence-corrected chi connectivity index (χ2v) is 12.9. The van der Waals surface area contributed by atoms with Crippen LogP contribution in [-0.4, -0.2) is 0 Å². The summed E-state index contributed by atoms with van der Waals surface area (Å²) in [5, 5.41) is 7.48. The molecule has 0 aromatic heterocycles. The molecule has 8 aromatic carbocycles. The Balaban J connectivity index is 1.25. The molecule has 0 aliphatic heterocycles. The van der Waals surface area contributed by atoms with Gasteiger partial charge in [0, 0.05) is 0 Å². The second-order valence-electron chi connectivity index (χ2n) is 12.9. The number of nitrogen functional groups attached to an aromatic ring is 2. The van der Waals surface area contributed by atoms with Gasteiger partial charge in [-0.2, -0.15) is 0 Å². The van der Waals surface area contributed by atoms with Crippen LogP contribution in [0.1, 0.15) is 23.6 Å². The predicted octanol–water partition coefficient (Wildman–Crippen LogP) is 12.6. The standard InChI is InChI=1S/C48H38N2/c1-2-11-36-25-26-37(48(50)47(36)49)17-10-12-32-20-22-35(23-21-32)45-41-18-8-9-19-42(41)46(40-27-24-34-15-6-7-16-38(34)30-40)43-29-28-39(31-44(43)45)33-13-4-3-5-14-33/h2-11,13-31H,12,49-50H2,1H3/b11-2-,17-10-. The fourth-order valence-corrected chi connectivity index (χ4v) is 7.23. The van der Waals surface area contributed by atoms with Crippen LogP contribution in [0.5, 0.6) is 0 Å². The summed E-state index contributed by atoms with van der Waals surface area (Å²) in [7, 11) is 0. The summed E-state index contributed by atoms with van der Waals surface area (Å²) >= 11 is 0. The van der Waals surface area contributed by atoms with Crippen molar-refractivity contribution in [2.24, 2.45) is 0 Å². The number of fused-ring (bicyclic) bond motifs is 3. The van der Waals surface area contributed by atoms with E-state index in [2.05, 4.69) is 152 Å². The lowest BCUT2D eigenvalue weighted by Crippen LogP contribution is -1.99. The second kappa shape index (κ2) is 13.3. The summed E-state index contributed by atoms with van der Waals surface area (Å²) in [5.41, 5.74) is 24.4. The smallest absolute Gasteiger partial charge is 0.0627 e. The number of hydrogen-bond donors (Lipinski definition) is 2. The van der Waals surface area contributed by atoms with E-state index in [1.54, 1.807) is 0 Å². The lowest BCUT2D eigenvalue weighted by atomic mass is 9.84. The highest BCUT2D eigenvalue weighted by molar-refractivity contribution is 6.22. The van der Waals surface area contributed by atoms with Crippen molar-refractivity contribution >= 4 is 55.8 Å². The van der Waals surface area contributed by atoms with Crippen molar-refractivity contribution in [3.8, 4) is 33.4 Å². The van der Waals surface area contributed by atoms with Crippen molar-refractivity contribution in [3.63, 3.8) is 0 Å². The van der Waals surface area contributed by atoms with Gasteiger partial charge in [0.1, 0.15) is 0 Å². The molecule has 0 bridgehead atoms. The topological polar surface area (TPSA) is 52.0 Å². The number of allylic oxidation sites excluding steroid dienone is 2. The summed E-state index contributed by atoms with van der Waals surface area (Å²) in [6.45, 7) is 1.98. The van der Waals surface area contributed by atoms with Gasteiger partial charge in [-0.05, 0) is 108 Å². The molecule has 50 heavy (non-hydrogen) atoms. The quantitative estimate of drug-likeness (QED) is 0.134. The fraction of sp³-hybridized carbons (Fsp3) is 0.0417. The van der Waals surface area contributed by atoms with E-state index in [4.69, 9.17) is 11.5 Å². The minimum Gasteiger partial charge on any atom is -0.397 e. The lowest BCUT2D eigenvalue weighted by molar-refractivity contribution is 1.28. The van der Waals surface area contributed by atoms with Crippen LogP contribution in [0, 0.1) is 0 Å². The van der Waals surface area contributed by atoms with E-state index in [0.717, 1.165) is 17.5 Å². The number of anilines is 2. The minimum atomic E-state index is 0.618. The van der Waals surface area contributed by atoms with Crippen LogP contribution < -0.4 is 11.5 Å². The SMILES string of the molecule is C/C=C\c1ccc(/C=C\Cc2ccc(-c3c4ccccc4c(-c4ccc5ccccc5c4)c4ccc(-c5ccccc5)cc34)cc2)c(N)c1N. The molecule has 8 aromatic rings. The molecule has 0 saturated heterocycles. The van der Waals surface area contributed by atoms with Crippen LogP contribution >= 0.6 is 0 Å². The van der Waals surface area contributed by atoms with Gasteiger partial charge >= 0.3 is 0 Å². The maximum atomic E-state index is 6.38. The first kappa shape index (κ1) is 30.9. The van der Waals surface area contributed by atoms with Gasteiger partial charge in [-0.3, -0.25) is 0 Å². The first-order valence-electron chi connectivity index (χ1n) is 17.2. The Labute approximate surface area is 293 Å². The normalized spacial score (nSPS) is 11.8. The summed E-state index contributed by atoms with van der Waals surface area (Å²) in [4.78, 5) is 0. The van der Waals surface area contributed by atoms with E-state index < -0.39 is 0 Å². The molecule has 0 aliphatic rings. The predicted molar refractivity (Wildman–Crippen MR) is 218 cm³/mol. The molecule has 4 N–H and O–H groups in total. The Morgan fingerprint density at radius 2 is 1.02 bits per heavy atom. The third-order valence-corrected chi connectivity index (χ3v) is 9.76. The van der Waals surface area contributed by atoms with Crippen LogP contribution in [-0.2, 0) is 6.42 Å². The van der Waals surface area contributed by atoms with Gasteiger partial charge in [0.2, 0.25) is 0 Å². The van der Waals surface area contributed by atoms with Crippen LogP contribution in [0.3, 0.4) is 0 Å². The van der Waals surface area contributed by atoms with Crippen molar-refractivity contribution in [2.75, 3.05) is 11.5 Å². The maximum absolute atomic E-state index is 6.38. The average molecular weight is 643 g/mol. The van der Waals surface area contributed by atoms with E-state index >= 15 is 0 Å². The highest BCUT2D eigenvalue weighted by Crippen LogP contribution is 2.45. The highest BCUT2D eigenvalue weighted by atomic mass is 14.7. The monoisotopic (exact) mass is 642 g/mol. The zero-order chi connectivity index (χ0) is 34.0. The molecule has 0 radical (unpaired) electrons. The van der Waals surface area contributed by atoms with Crippen LogP contribution in [0.25, 0.3) is 77.9 Å². The van der Waals surface area contributed by atoms with E-state index in [1.165, 1.54) is 71.3 Å². The van der Waals surface area contributed by atoms with Gasteiger partial charge < -0.3 is 11.5 Å². The molecule has 0 spiro atoms. The molecule has 0 saturated carbocycles. The summed E-state index contributed by atoms with van der Waals surface area (Å²) in [6.07, 6.45) is 8.96.